The van der Waals surface area contributed by atoms with Gasteiger partial charge in [-0.3, -0.25) is 0 Å². The lowest BCUT2D eigenvalue weighted by atomic mass is 10.1. The third-order valence-corrected chi connectivity index (χ3v) is 6.79. The van der Waals surface area contributed by atoms with E-state index in [0.29, 0.717) is 30.3 Å². The van der Waals surface area contributed by atoms with Crippen LogP contribution in [0.1, 0.15) is 26.7 Å². The van der Waals surface area contributed by atoms with Crippen molar-refractivity contribution in [3.63, 3.8) is 0 Å². The Morgan fingerprint density at radius 1 is 1.39 bits per heavy atom. The number of aliphatic hydroxyl groups is 2. The number of hydrogen-bond donors (Lipinski definition) is 3. The molecule has 170 valence electrons. The summed E-state index contributed by atoms with van der Waals surface area (Å²) in [6, 6.07) is 0.168. The Bertz CT molecular complexity index is 969. The quantitative estimate of drug-likeness (QED) is 0.316. The van der Waals surface area contributed by atoms with Crippen molar-refractivity contribution in [3.05, 3.63) is 11.6 Å². The predicted molar refractivity (Wildman–Crippen MR) is 126 cm³/mol. The number of fused-ring (bicyclic) bond motifs is 1. The zero-order valence-electron chi connectivity index (χ0n) is 18.9. The van der Waals surface area contributed by atoms with Gasteiger partial charge >= 0.3 is 11.8 Å². The van der Waals surface area contributed by atoms with Crippen LogP contribution in [0.15, 0.2) is 16.6 Å². The molecule has 2 aliphatic rings. The highest BCUT2D eigenvalue weighted by Gasteiger charge is 2.45. The maximum absolute atomic E-state index is 10.6. The summed E-state index contributed by atoms with van der Waals surface area (Å²) < 4.78 is 12.8. The van der Waals surface area contributed by atoms with E-state index in [-0.39, 0.29) is 11.9 Å². The number of hydrogen-bond acceptors (Lipinski definition) is 8. The second kappa shape index (κ2) is 9.51. The van der Waals surface area contributed by atoms with Crippen LogP contribution in [0.25, 0.3) is 0 Å². The van der Waals surface area contributed by atoms with Gasteiger partial charge in [-0.1, -0.05) is 23.6 Å². The molecule has 0 amide bonds. The minimum atomic E-state index is -1.27. The predicted octanol–water partition coefficient (Wildman–Crippen LogP) is 2.19. The fraction of sp³-hybridized carbons (Fsp3) is 0.571. The number of allylic oxidation sites excluding steroid dienone is 1. The lowest BCUT2D eigenvalue weighted by Gasteiger charge is -2.17. The molecule has 1 aromatic rings. The maximum atomic E-state index is 10.6. The number of nitrogens with zero attached hydrogens (tertiary/aromatic N) is 4. The van der Waals surface area contributed by atoms with Crippen molar-refractivity contribution in [2.75, 3.05) is 38.5 Å². The molecule has 10 heteroatoms. The topological polar surface area (TPSA) is 112 Å². The minimum Gasteiger partial charge on any atom is -0.463 e. The Morgan fingerprint density at radius 2 is 2.13 bits per heavy atom. The van der Waals surface area contributed by atoms with Crippen LogP contribution in [-0.2, 0) is 4.74 Å². The van der Waals surface area contributed by atoms with E-state index in [1.54, 1.807) is 4.58 Å². The summed E-state index contributed by atoms with van der Waals surface area (Å²) in [5.74, 6) is 1.15. The lowest BCUT2D eigenvalue weighted by Crippen LogP contribution is -2.33. The lowest BCUT2D eigenvalue weighted by molar-refractivity contribution is -0.313. The number of ether oxygens (including phenoxy) is 2. The first-order valence-electron chi connectivity index (χ1n) is 10.4. The summed E-state index contributed by atoms with van der Waals surface area (Å²) >= 11 is 0. The summed E-state index contributed by atoms with van der Waals surface area (Å²) in [6.45, 7) is 7.75. The van der Waals surface area contributed by atoms with Gasteiger partial charge in [-0.25, -0.2) is 0 Å². The number of rotatable bonds is 8. The summed E-state index contributed by atoms with van der Waals surface area (Å²) in [7, 11) is 1.49. The molecule has 0 aliphatic carbocycles. The van der Waals surface area contributed by atoms with Gasteiger partial charge in [0.15, 0.2) is 11.9 Å². The molecule has 2 aliphatic heterocycles. The van der Waals surface area contributed by atoms with E-state index >= 15 is 0 Å². The van der Waals surface area contributed by atoms with Crippen molar-refractivity contribution >= 4 is 42.7 Å². The van der Waals surface area contributed by atoms with Gasteiger partial charge in [-0.15, -0.1) is 13.2 Å². The highest BCUT2D eigenvalue weighted by molar-refractivity contribution is 7.72. The SMILES string of the molecule is C=P(C)(C)CC[C@H]1OC(=[N+]2C=Nc3c(NC/C=C(/C)CC)nc(OC)nc32)[C@H](O)[C@@H]1O. The molecule has 3 N–H and O–H groups in total. The van der Waals surface area contributed by atoms with Crippen LogP contribution in [0.5, 0.6) is 6.01 Å². The molecule has 0 unspecified atom stereocenters. The first kappa shape index (κ1) is 23.4. The minimum absolute atomic E-state index is 0.168. The largest absolute Gasteiger partial charge is 0.463 e. The second-order valence-corrected chi connectivity index (χ2v) is 12.8. The first-order chi connectivity index (χ1) is 14.6. The fourth-order valence-electron chi connectivity index (χ4n) is 3.27. The highest BCUT2D eigenvalue weighted by Crippen LogP contribution is 2.40. The molecule has 1 fully saturated rings. The number of aliphatic hydroxyl groups excluding tert-OH is 2. The first-order valence-corrected chi connectivity index (χ1v) is 13.5. The molecule has 3 atom stereocenters. The second-order valence-electron chi connectivity index (χ2n) is 8.51. The van der Waals surface area contributed by atoms with E-state index < -0.39 is 25.2 Å². The normalized spacial score (nSPS) is 25.5. The molecule has 9 nitrogen and oxygen atoms in total. The van der Waals surface area contributed by atoms with Crippen molar-refractivity contribution in [3.8, 4) is 6.01 Å². The Morgan fingerprint density at radius 3 is 2.77 bits per heavy atom. The fourth-order valence-corrected chi connectivity index (χ4v) is 4.23. The molecule has 0 spiro atoms. The van der Waals surface area contributed by atoms with Gasteiger partial charge in [0.1, 0.15) is 12.2 Å². The smallest absolute Gasteiger partial charge is 0.397 e. The molecule has 3 rings (SSSR count). The number of aromatic nitrogens is 2. The Labute approximate surface area is 183 Å². The Kier molecular flexibility index (Phi) is 7.19. The van der Waals surface area contributed by atoms with Crippen molar-refractivity contribution in [2.45, 2.75) is 45.0 Å². The van der Waals surface area contributed by atoms with Crippen LogP contribution in [0.4, 0.5) is 17.3 Å². The summed E-state index contributed by atoms with van der Waals surface area (Å²) in [4.78, 5) is 13.2. The van der Waals surface area contributed by atoms with Crippen LogP contribution < -0.4 is 10.1 Å². The molecule has 3 heterocycles. The van der Waals surface area contributed by atoms with Crippen LogP contribution in [-0.4, -0.2) is 94.8 Å². The molecule has 1 saturated heterocycles. The molecular weight excluding hydrogens is 417 g/mol. The number of methoxy groups -OCH3 is 1. The summed E-state index contributed by atoms with van der Waals surface area (Å²) in [6.07, 6.45) is 7.54. The van der Waals surface area contributed by atoms with Crippen molar-refractivity contribution in [1.29, 1.82) is 0 Å². The van der Waals surface area contributed by atoms with Gasteiger partial charge in [0, 0.05) is 6.54 Å². The number of nitrogens with one attached hydrogen (secondary N) is 1. The standard InChI is InChI=1S/C21H33N5O4P/c1-7-13(2)8-10-22-18-15-19(25-21(24-18)29-3)26(12-23-15)20-17(28)16(27)14(30-20)9-11-31(4,5)6/h8,12,14,16-17,27-28H,4,7,9-11H2,1-3,5-6H3,(H,22,24,25)/q+1/b13-8-,26-20?/t14-,16-,17-/m1/s1. The molecule has 0 radical (unpaired) electrons. The number of anilines is 1. The van der Waals surface area contributed by atoms with Gasteiger partial charge in [0.05, 0.1) is 7.11 Å². The van der Waals surface area contributed by atoms with Crippen molar-refractivity contribution in [1.82, 2.24) is 9.97 Å². The van der Waals surface area contributed by atoms with E-state index in [1.807, 2.05) is 0 Å². The number of aliphatic imine (C=N–C) groups is 1. The van der Waals surface area contributed by atoms with E-state index in [2.05, 4.69) is 59.8 Å². The zero-order valence-corrected chi connectivity index (χ0v) is 19.8. The van der Waals surface area contributed by atoms with Crippen LogP contribution in [0, 0.1) is 0 Å². The average molecular weight is 451 g/mol. The highest BCUT2D eigenvalue weighted by atomic mass is 31.2. The average Bonchev–Trinajstić information content (AvgIpc) is 3.27. The summed E-state index contributed by atoms with van der Waals surface area (Å²) in [5, 5.41) is 24.4. The van der Waals surface area contributed by atoms with Gasteiger partial charge < -0.3 is 25.0 Å². The van der Waals surface area contributed by atoms with E-state index in [0.717, 1.165) is 12.6 Å². The van der Waals surface area contributed by atoms with Gasteiger partial charge in [-0.2, -0.15) is 9.56 Å². The van der Waals surface area contributed by atoms with Crippen LogP contribution in [0.2, 0.25) is 0 Å². The van der Waals surface area contributed by atoms with Gasteiger partial charge in [0.2, 0.25) is 6.34 Å². The molecule has 0 aromatic carbocycles. The Hall–Kier alpha value is -2.22. The van der Waals surface area contributed by atoms with E-state index in [4.69, 9.17) is 9.47 Å². The Balaban J connectivity index is 1.91. The maximum Gasteiger partial charge on any atom is 0.397 e. The van der Waals surface area contributed by atoms with Crippen molar-refractivity contribution in [2.24, 2.45) is 4.99 Å². The molecule has 0 saturated carbocycles. The molecule has 0 bridgehead atoms. The molecule has 31 heavy (non-hydrogen) atoms. The van der Waals surface area contributed by atoms with E-state index in [1.165, 1.54) is 19.0 Å². The van der Waals surface area contributed by atoms with Crippen LogP contribution in [0.3, 0.4) is 0 Å². The monoisotopic (exact) mass is 450 g/mol. The molecular formula is C21H33N5O4P+. The third-order valence-electron chi connectivity index (χ3n) is 5.32. The van der Waals surface area contributed by atoms with Crippen LogP contribution >= 0.6 is 6.89 Å². The van der Waals surface area contributed by atoms with Gasteiger partial charge in [0.25, 0.3) is 11.6 Å². The third kappa shape index (κ3) is 5.34. The summed E-state index contributed by atoms with van der Waals surface area (Å²) in [5.41, 5.74) is 1.79. The van der Waals surface area contributed by atoms with E-state index in [9.17, 15) is 10.2 Å². The molecule has 1 aromatic heterocycles. The zero-order chi connectivity index (χ0) is 22.8. The van der Waals surface area contributed by atoms with Gasteiger partial charge in [-0.05, 0) is 44.2 Å². The van der Waals surface area contributed by atoms with Crippen molar-refractivity contribution < 1.29 is 24.3 Å².